The van der Waals surface area contributed by atoms with Gasteiger partial charge in [-0.25, -0.2) is 0 Å². The summed E-state index contributed by atoms with van der Waals surface area (Å²) in [5.74, 6) is 2.06. The van der Waals surface area contributed by atoms with Crippen molar-refractivity contribution < 1.29 is 14.2 Å². The molecule has 1 saturated carbocycles. The first-order chi connectivity index (χ1) is 10.2. The first-order valence-corrected chi connectivity index (χ1v) is 7.46. The predicted octanol–water partition coefficient (Wildman–Crippen LogP) is 2.07. The van der Waals surface area contributed by atoms with E-state index in [1.54, 1.807) is 21.3 Å². The lowest BCUT2D eigenvalue weighted by molar-refractivity contribution is 0.316. The lowest BCUT2D eigenvalue weighted by atomic mass is 9.92. The Labute approximate surface area is 126 Å². The molecule has 0 bridgehead atoms. The first-order valence-electron chi connectivity index (χ1n) is 7.46. The molecule has 1 fully saturated rings. The molecule has 0 amide bonds. The molecule has 0 aliphatic heterocycles. The van der Waals surface area contributed by atoms with Gasteiger partial charge < -0.3 is 25.3 Å². The second kappa shape index (κ2) is 7.52. The van der Waals surface area contributed by atoms with Crippen molar-refractivity contribution in [2.75, 3.05) is 21.3 Å². The standard InChI is InChI=1S/C16H26N2O3/c1-19-14-9-4-11(15(20-2)16(14)21-3)10-18-13-7-5-12(17)6-8-13/h4,9,12-13,18H,5-8,10,17H2,1-3H3. The van der Waals surface area contributed by atoms with Crippen LogP contribution in [-0.2, 0) is 6.54 Å². The number of rotatable bonds is 6. The summed E-state index contributed by atoms with van der Waals surface area (Å²) in [5, 5.41) is 3.59. The van der Waals surface area contributed by atoms with Crippen LogP contribution in [0.2, 0.25) is 0 Å². The Hall–Kier alpha value is -1.46. The minimum atomic E-state index is 0.374. The first kappa shape index (κ1) is 15.9. The maximum absolute atomic E-state index is 5.94. The van der Waals surface area contributed by atoms with E-state index in [9.17, 15) is 0 Å². The van der Waals surface area contributed by atoms with E-state index in [0.717, 1.165) is 43.5 Å². The van der Waals surface area contributed by atoms with Crippen molar-refractivity contribution in [1.82, 2.24) is 5.32 Å². The largest absolute Gasteiger partial charge is 0.493 e. The van der Waals surface area contributed by atoms with Gasteiger partial charge in [-0.2, -0.15) is 0 Å². The summed E-state index contributed by atoms with van der Waals surface area (Å²) in [6.07, 6.45) is 4.47. The summed E-state index contributed by atoms with van der Waals surface area (Å²) >= 11 is 0. The molecule has 5 heteroatoms. The van der Waals surface area contributed by atoms with Crippen molar-refractivity contribution in [2.24, 2.45) is 5.73 Å². The van der Waals surface area contributed by atoms with Crippen LogP contribution in [0.25, 0.3) is 0 Å². The van der Waals surface area contributed by atoms with E-state index < -0.39 is 0 Å². The van der Waals surface area contributed by atoms with Gasteiger partial charge in [0.05, 0.1) is 21.3 Å². The lowest BCUT2D eigenvalue weighted by Crippen LogP contribution is -2.37. The SMILES string of the molecule is COc1ccc(CNC2CCC(N)CC2)c(OC)c1OC. The summed E-state index contributed by atoms with van der Waals surface area (Å²) in [4.78, 5) is 0. The van der Waals surface area contributed by atoms with E-state index in [0.29, 0.717) is 23.6 Å². The summed E-state index contributed by atoms with van der Waals surface area (Å²) in [7, 11) is 4.90. The fraction of sp³-hybridized carbons (Fsp3) is 0.625. The van der Waals surface area contributed by atoms with E-state index in [4.69, 9.17) is 19.9 Å². The third kappa shape index (κ3) is 3.80. The number of hydrogen-bond donors (Lipinski definition) is 2. The summed E-state index contributed by atoms with van der Waals surface area (Å²) in [6, 6.07) is 4.83. The Kier molecular flexibility index (Phi) is 5.70. The fourth-order valence-corrected chi connectivity index (χ4v) is 2.88. The van der Waals surface area contributed by atoms with Crippen molar-refractivity contribution >= 4 is 0 Å². The molecule has 21 heavy (non-hydrogen) atoms. The Morgan fingerprint density at radius 1 is 1.00 bits per heavy atom. The number of benzene rings is 1. The molecule has 1 aliphatic rings. The second-order valence-electron chi connectivity index (χ2n) is 5.49. The molecule has 0 spiro atoms. The molecule has 0 radical (unpaired) electrons. The van der Waals surface area contributed by atoms with Crippen LogP contribution in [-0.4, -0.2) is 33.4 Å². The molecule has 0 aromatic heterocycles. The van der Waals surface area contributed by atoms with E-state index >= 15 is 0 Å². The van der Waals surface area contributed by atoms with E-state index in [2.05, 4.69) is 5.32 Å². The highest BCUT2D eigenvalue weighted by molar-refractivity contribution is 5.55. The fourth-order valence-electron chi connectivity index (χ4n) is 2.88. The lowest BCUT2D eigenvalue weighted by Gasteiger charge is -2.27. The summed E-state index contributed by atoms with van der Waals surface area (Å²) < 4.78 is 16.2. The van der Waals surface area contributed by atoms with Crippen LogP contribution in [0.3, 0.4) is 0 Å². The average molecular weight is 294 g/mol. The Balaban J connectivity index is 2.05. The number of ether oxygens (including phenoxy) is 3. The molecule has 0 unspecified atom stereocenters. The maximum Gasteiger partial charge on any atom is 0.203 e. The number of hydrogen-bond acceptors (Lipinski definition) is 5. The Morgan fingerprint density at radius 3 is 2.24 bits per heavy atom. The minimum Gasteiger partial charge on any atom is -0.493 e. The summed E-state index contributed by atoms with van der Waals surface area (Å²) in [5.41, 5.74) is 7.02. The van der Waals surface area contributed by atoms with Crippen LogP contribution in [0.15, 0.2) is 12.1 Å². The summed E-state index contributed by atoms with van der Waals surface area (Å²) in [6.45, 7) is 0.753. The highest BCUT2D eigenvalue weighted by Crippen LogP contribution is 2.39. The average Bonchev–Trinajstić information content (AvgIpc) is 2.53. The molecule has 3 N–H and O–H groups in total. The van der Waals surface area contributed by atoms with Gasteiger partial charge in [0.1, 0.15) is 0 Å². The van der Waals surface area contributed by atoms with Gasteiger partial charge in [-0.1, -0.05) is 6.07 Å². The number of nitrogens with one attached hydrogen (secondary N) is 1. The smallest absolute Gasteiger partial charge is 0.203 e. The zero-order valence-corrected chi connectivity index (χ0v) is 13.1. The van der Waals surface area contributed by atoms with Crippen LogP contribution in [0.1, 0.15) is 31.2 Å². The van der Waals surface area contributed by atoms with Gasteiger partial charge in [-0.15, -0.1) is 0 Å². The second-order valence-corrected chi connectivity index (χ2v) is 5.49. The third-order valence-corrected chi connectivity index (χ3v) is 4.14. The third-order valence-electron chi connectivity index (χ3n) is 4.14. The van der Waals surface area contributed by atoms with Gasteiger partial charge in [-0.05, 0) is 31.7 Å². The highest BCUT2D eigenvalue weighted by Gasteiger charge is 2.20. The highest BCUT2D eigenvalue weighted by atomic mass is 16.5. The molecule has 1 aromatic carbocycles. The molecular weight excluding hydrogens is 268 g/mol. The normalized spacial score (nSPS) is 21.9. The molecule has 118 valence electrons. The predicted molar refractivity (Wildman–Crippen MR) is 83.2 cm³/mol. The zero-order valence-electron chi connectivity index (χ0n) is 13.1. The molecular formula is C16H26N2O3. The van der Waals surface area contributed by atoms with E-state index in [-0.39, 0.29) is 0 Å². The monoisotopic (exact) mass is 294 g/mol. The Bertz CT molecular complexity index is 457. The maximum atomic E-state index is 5.94. The van der Waals surface area contributed by atoms with Gasteiger partial charge in [0.15, 0.2) is 11.5 Å². The van der Waals surface area contributed by atoms with Crippen molar-refractivity contribution in [2.45, 2.75) is 44.3 Å². The van der Waals surface area contributed by atoms with Gasteiger partial charge >= 0.3 is 0 Å². The number of methoxy groups -OCH3 is 3. The van der Waals surface area contributed by atoms with Crippen LogP contribution >= 0.6 is 0 Å². The van der Waals surface area contributed by atoms with Crippen LogP contribution in [0.5, 0.6) is 17.2 Å². The Morgan fingerprint density at radius 2 is 1.67 bits per heavy atom. The molecule has 1 aromatic rings. The zero-order chi connectivity index (χ0) is 15.2. The van der Waals surface area contributed by atoms with Gasteiger partial charge in [0.25, 0.3) is 0 Å². The van der Waals surface area contributed by atoms with Gasteiger partial charge in [0, 0.05) is 24.2 Å². The quantitative estimate of drug-likeness (QED) is 0.841. The molecule has 2 rings (SSSR count). The van der Waals surface area contributed by atoms with Crippen molar-refractivity contribution in [1.29, 1.82) is 0 Å². The van der Waals surface area contributed by atoms with Gasteiger partial charge in [0.2, 0.25) is 5.75 Å². The molecule has 0 heterocycles. The van der Waals surface area contributed by atoms with Crippen molar-refractivity contribution in [3.63, 3.8) is 0 Å². The van der Waals surface area contributed by atoms with E-state index in [1.165, 1.54) is 0 Å². The van der Waals surface area contributed by atoms with Crippen LogP contribution < -0.4 is 25.3 Å². The topological polar surface area (TPSA) is 65.7 Å². The molecule has 1 aliphatic carbocycles. The van der Waals surface area contributed by atoms with Crippen LogP contribution in [0.4, 0.5) is 0 Å². The van der Waals surface area contributed by atoms with Crippen molar-refractivity contribution in [3.8, 4) is 17.2 Å². The molecule has 5 nitrogen and oxygen atoms in total. The molecule has 0 atom stereocenters. The molecule has 0 saturated heterocycles. The van der Waals surface area contributed by atoms with Crippen LogP contribution in [0, 0.1) is 0 Å². The van der Waals surface area contributed by atoms with Crippen molar-refractivity contribution in [3.05, 3.63) is 17.7 Å². The minimum absolute atomic E-state index is 0.374. The number of nitrogens with two attached hydrogens (primary N) is 1. The van der Waals surface area contributed by atoms with Gasteiger partial charge in [-0.3, -0.25) is 0 Å². The van der Waals surface area contributed by atoms with E-state index in [1.807, 2.05) is 12.1 Å².